The molecule has 7 heteroatoms. The van der Waals surface area contributed by atoms with Gasteiger partial charge < -0.3 is 20.1 Å². The van der Waals surface area contributed by atoms with Crippen LogP contribution in [0.25, 0.3) is 0 Å². The number of hydrogen-bond donors (Lipinski definition) is 2. The van der Waals surface area contributed by atoms with Gasteiger partial charge in [0.2, 0.25) is 5.91 Å². The zero-order chi connectivity index (χ0) is 23.6. The van der Waals surface area contributed by atoms with Gasteiger partial charge in [0.1, 0.15) is 5.75 Å². The maximum Gasteiger partial charge on any atom is 0.513 e. The Bertz CT molecular complexity index is 1110. The molecule has 0 bridgehead atoms. The first-order valence-electron chi connectivity index (χ1n) is 10.6. The summed E-state index contributed by atoms with van der Waals surface area (Å²) < 4.78 is 9.68. The van der Waals surface area contributed by atoms with Crippen molar-refractivity contribution in [2.75, 3.05) is 17.2 Å². The molecule has 0 spiro atoms. The number of hydrogen-bond acceptors (Lipinski definition) is 5. The van der Waals surface area contributed by atoms with E-state index in [-0.39, 0.29) is 24.2 Å². The van der Waals surface area contributed by atoms with Gasteiger partial charge in [0.15, 0.2) is 0 Å². The number of benzene rings is 3. The summed E-state index contributed by atoms with van der Waals surface area (Å²) in [6.07, 6.45) is 0.264. The minimum atomic E-state index is -0.794. The van der Waals surface area contributed by atoms with Crippen molar-refractivity contribution in [2.24, 2.45) is 0 Å². The van der Waals surface area contributed by atoms with E-state index in [1.807, 2.05) is 25.1 Å². The molecule has 2 amide bonds. The smallest absolute Gasteiger partial charge is 0.434 e. The Morgan fingerprint density at radius 3 is 2.15 bits per heavy atom. The van der Waals surface area contributed by atoms with Crippen LogP contribution in [0.3, 0.4) is 0 Å². The first kappa shape index (κ1) is 23.5. The quantitative estimate of drug-likeness (QED) is 0.359. The van der Waals surface area contributed by atoms with Crippen molar-refractivity contribution in [3.8, 4) is 5.75 Å². The number of carbonyl (C=O) groups excluding carboxylic acids is 3. The fraction of sp³-hybridized carbons (Fsp3) is 0.192. The molecule has 3 aromatic carbocycles. The molecular weight excluding hydrogens is 420 g/mol. The van der Waals surface area contributed by atoms with Gasteiger partial charge in [-0.1, -0.05) is 29.8 Å². The highest BCUT2D eigenvalue weighted by molar-refractivity contribution is 6.04. The minimum absolute atomic E-state index is 0.0709. The van der Waals surface area contributed by atoms with Crippen LogP contribution in [0.2, 0.25) is 0 Å². The summed E-state index contributed by atoms with van der Waals surface area (Å²) >= 11 is 0. The van der Waals surface area contributed by atoms with Crippen molar-refractivity contribution in [2.45, 2.75) is 26.7 Å². The zero-order valence-electron chi connectivity index (χ0n) is 18.6. The molecule has 33 heavy (non-hydrogen) atoms. The zero-order valence-corrected chi connectivity index (χ0v) is 18.6. The Morgan fingerprint density at radius 2 is 1.52 bits per heavy atom. The molecule has 7 nitrogen and oxygen atoms in total. The number of carbonyl (C=O) groups is 3. The summed E-state index contributed by atoms with van der Waals surface area (Å²) in [5.74, 6) is -0.0986. The van der Waals surface area contributed by atoms with Crippen LogP contribution < -0.4 is 15.4 Å². The third kappa shape index (κ3) is 7.50. The molecule has 0 saturated heterocycles. The van der Waals surface area contributed by atoms with Crippen LogP contribution in [0.15, 0.2) is 72.8 Å². The summed E-state index contributed by atoms with van der Waals surface area (Å²) in [7, 11) is 0. The molecule has 0 aliphatic carbocycles. The van der Waals surface area contributed by atoms with Gasteiger partial charge in [-0.2, -0.15) is 0 Å². The normalized spacial score (nSPS) is 10.2. The Kier molecular flexibility index (Phi) is 8.18. The average Bonchev–Trinajstić information content (AvgIpc) is 2.80. The molecule has 0 unspecified atom stereocenters. The van der Waals surface area contributed by atoms with Crippen molar-refractivity contribution in [1.82, 2.24) is 0 Å². The highest BCUT2D eigenvalue weighted by Gasteiger charge is 2.09. The number of amides is 2. The van der Waals surface area contributed by atoms with Gasteiger partial charge in [-0.25, -0.2) is 4.79 Å². The van der Waals surface area contributed by atoms with Gasteiger partial charge in [-0.15, -0.1) is 0 Å². The minimum Gasteiger partial charge on any atom is -0.434 e. The molecular formula is C26H26N2O5. The Balaban J connectivity index is 1.48. The molecule has 0 radical (unpaired) electrons. The van der Waals surface area contributed by atoms with Crippen LogP contribution in [-0.4, -0.2) is 24.6 Å². The second kappa shape index (κ2) is 11.5. The first-order valence-corrected chi connectivity index (χ1v) is 10.6. The first-order chi connectivity index (χ1) is 15.9. The lowest BCUT2D eigenvalue weighted by atomic mass is 10.1. The number of aryl methyl sites for hydroxylation is 2. The monoisotopic (exact) mass is 446 g/mol. The maximum atomic E-state index is 12.4. The Hall–Kier alpha value is -4.13. The van der Waals surface area contributed by atoms with E-state index in [2.05, 4.69) is 16.7 Å². The largest absolute Gasteiger partial charge is 0.513 e. The maximum absolute atomic E-state index is 12.4. The van der Waals surface area contributed by atoms with Crippen molar-refractivity contribution in [3.63, 3.8) is 0 Å². The third-order valence-electron chi connectivity index (χ3n) is 4.73. The lowest BCUT2D eigenvalue weighted by Crippen LogP contribution is -2.14. The molecule has 3 aromatic rings. The molecule has 0 saturated carbocycles. The van der Waals surface area contributed by atoms with Gasteiger partial charge >= 0.3 is 6.16 Å². The van der Waals surface area contributed by atoms with Crippen LogP contribution >= 0.6 is 0 Å². The summed E-state index contributed by atoms with van der Waals surface area (Å²) in [6.45, 7) is 3.93. The summed E-state index contributed by atoms with van der Waals surface area (Å²) in [4.78, 5) is 36.0. The lowest BCUT2D eigenvalue weighted by molar-refractivity contribution is -0.116. The highest BCUT2D eigenvalue weighted by Crippen LogP contribution is 2.17. The van der Waals surface area contributed by atoms with Gasteiger partial charge in [-0.05, 0) is 74.4 Å². The van der Waals surface area contributed by atoms with E-state index in [1.54, 1.807) is 43.3 Å². The highest BCUT2D eigenvalue weighted by atomic mass is 16.7. The lowest BCUT2D eigenvalue weighted by Gasteiger charge is -2.09. The van der Waals surface area contributed by atoms with Gasteiger partial charge in [-0.3, -0.25) is 9.59 Å². The van der Waals surface area contributed by atoms with E-state index in [9.17, 15) is 14.4 Å². The van der Waals surface area contributed by atoms with Crippen LogP contribution in [0, 0.1) is 6.92 Å². The van der Waals surface area contributed by atoms with Gasteiger partial charge in [0.05, 0.1) is 6.61 Å². The third-order valence-corrected chi connectivity index (χ3v) is 4.73. The number of anilines is 2. The van der Waals surface area contributed by atoms with E-state index in [0.717, 1.165) is 5.56 Å². The van der Waals surface area contributed by atoms with Crippen LogP contribution in [-0.2, 0) is 16.0 Å². The predicted octanol–water partition coefficient (Wildman–Crippen LogP) is 5.35. The second-order valence-corrected chi connectivity index (χ2v) is 7.38. The Morgan fingerprint density at radius 1 is 0.848 bits per heavy atom. The molecule has 0 aliphatic heterocycles. The molecule has 3 rings (SSSR count). The SMILES string of the molecule is CCOC(=O)Oc1ccc(C(=O)Nc2ccc(NC(=O)CCc3cccc(C)c3)cc2)cc1. The summed E-state index contributed by atoms with van der Waals surface area (Å²) in [6, 6.07) is 21.1. The topological polar surface area (TPSA) is 93.7 Å². The van der Waals surface area contributed by atoms with Gasteiger partial charge in [0, 0.05) is 23.4 Å². The van der Waals surface area contributed by atoms with Crippen molar-refractivity contribution in [1.29, 1.82) is 0 Å². The fourth-order valence-corrected chi connectivity index (χ4v) is 3.11. The molecule has 2 N–H and O–H groups in total. The van der Waals surface area contributed by atoms with Crippen molar-refractivity contribution < 1.29 is 23.9 Å². The molecule has 0 aromatic heterocycles. The molecule has 0 atom stereocenters. The van der Waals surface area contributed by atoms with E-state index >= 15 is 0 Å². The molecule has 170 valence electrons. The van der Waals surface area contributed by atoms with E-state index in [1.165, 1.54) is 17.7 Å². The van der Waals surface area contributed by atoms with Gasteiger partial charge in [0.25, 0.3) is 5.91 Å². The van der Waals surface area contributed by atoms with E-state index in [0.29, 0.717) is 29.8 Å². The fourth-order valence-electron chi connectivity index (χ4n) is 3.11. The Labute approximate surface area is 192 Å². The van der Waals surface area contributed by atoms with E-state index in [4.69, 9.17) is 9.47 Å². The average molecular weight is 447 g/mol. The van der Waals surface area contributed by atoms with Crippen LogP contribution in [0.1, 0.15) is 34.8 Å². The van der Waals surface area contributed by atoms with Crippen molar-refractivity contribution in [3.05, 3.63) is 89.5 Å². The number of ether oxygens (including phenoxy) is 2. The molecule has 0 heterocycles. The van der Waals surface area contributed by atoms with Crippen LogP contribution in [0.4, 0.5) is 16.2 Å². The number of rotatable bonds is 8. The molecule has 0 aliphatic rings. The second-order valence-electron chi connectivity index (χ2n) is 7.38. The predicted molar refractivity (Wildman–Crippen MR) is 127 cm³/mol. The molecule has 0 fully saturated rings. The summed E-state index contributed by atoms with van der Waals surface area (Å²) in [5.41, 5.74) is 3.95. The standard InChI is InChI=1S/C26H26N2O5/c1-3-32-26(31)33-23-14-8-20(9-15-23)25(30)28-22-12-10-21(11-13-22)27-24(29)16-7-19-6-4-5-18(2)17-19/h4-6,8-15,17H,3,7,16H2,1-2H3,(H,27,29)(H,28,30). The number of nitrogens with one attached hydrogen (secondary N) is 2. The summed E-state index contributed by atoms with van der Waals surface area (Å²) in [5, 5.41) is 5.65. The van der Waals surface area contributed by atoms with Crippen molar-refractivity contribution >= 4 is 29.3 Å². The van der Waals surface area contributed by atoms with Crippen LogP contribution in [0.5, 0.6) is 5.75 Å². The van der Waals surface area contributed by atoms with E-state index < -0.39 is 6.16 Å².